The molecule has 8 heavy (non-hydrogen) atoms. The standard InChI is InChI=1S/C4H6N2OS/c1-8-2-4(7)6-3-5/h2H2,1H3,(H,6,7). The van der Waals surface area contributed by atoms with Gasteiger partial charge in [-0.25, -0.2) is 0 Å². The molecule has 0 spiro atoms. The summed E-state index contributed by atoms with van der Waals surface area (Å²) in [7, 11) is 0. The van der Waals surface area contributed by atoms with Crippen LogP contribution in [0.2, 0.25) is 0 Å². The van der Waals surface area contributed by atoms with Crippen LogP contribution in [0.1, 0.15) is 0 Å². The maximum Gasteiger partial charge on any atom is 0.242 e. The predicted octanol–water partition coefficient (Wildman–Crippen LogP) is -0.0533. The molecule has 1 N–H and O–H groups in total. The van der Waals surface area contributed by atoms with Gasteiger partial charge in [-0.15, -0.1) is 0 Å². The number of carbonyl (C=O) groups is 1. The number of amides is 1. The van der Waals surface area contributed by atoms with Crippen molar-refractivity contribution in [2.24, 2.45) is 0 Å². The van der Waals surface area contributed by atoms with Crippen LogP contribution >= 0.6 is 11.8 Å². The molecule has 0 unspecified atom stereocenters. The summed E-state index contributed by atoms with van der Waals surface area (Å²) in [5.41, 5.74) is 0. The van der Waals surface area contributed by atoms with Gasteiger partial charge < -0.3 is 0 Å². The summed E-state index contributed by atoms with van der Waals surface area (Å²) < 4.78 is 0. The molecule has 0 radical (unpaired) electrons. The second kappa shape index (κ2) is 4.47. The van der Waals surface area contributed by atoms with Gasteiger partial charge in [0.25, 0.3) is 0 Å². The molecule has 0 fully saturated rings. The Morgan fingerprint density at radius 1 is 2.00 bits per heavy atom. The van der Waals surface area contributed by atoms with Crippen LogP contribution in [0.4, 0.5) is 0 Å². The van der Waals surface area contributed by atoms with Gasteiger partial charge in [-0.1, -0.05) is 0 Å². The van der Waals surface area contributed by atoms with Crippen molar-refractivity contribution in [2.75, 3.05) is 12.0 Å². The molecular formula is C4H6N2OS. The minimum absolute atomic E-state index is 0.236. The lowest BCUT2D eigenvalue weighted by molar-refractivity contribution is -0.117. The number of nitrogens with one attached hydrogen (secondary N) is 1. The molecule has 0 aromatic rings. The Bertz CT molecular complexity index is 118. The molecule has 3 nitrogen and oxygen atoms in total. The Balaban J connectivity index is 3.23. The van der Waals surface area contributed by atoms with Gasteiger partial charge in [0, 0.05) is 0 Å². The van der Waals surface area contributed by atoms with Crippen LogP contribution in [0.3, 0.4) is 0 Å². The van der Waals surface area contributed by atoms with Gasteiger partial charge >= 0.3 is 0 Å². The van der Waals surface area contributed by atoms with Crippen molar-refractivity contribution in [3.8, 4) is 6.19 Å². The topological polar surface area (TPSA) is 52.9 Å². The Kier molecular flexibility index (Phi) is 4.08. The average molecular weight is 130 g/mol. The molecule has 1 amide bonds. The highest BCUT2D eigenvalue weighted by Crippen LogP contribution is 1.87. The van der Waals surface area contributed by atoms with Crippen molar-refractivity contribution in [3.63, 3.8) is 0 Å². The quantitative estimate of drug-likeness (QED) is 0.421. The van der Waals surface area contributed by atoms with Crippen molar-refractivity contribution in [2.45, 2.75) is 0 Å². The number of thioether (sulfide) groups is 1. The summed E-state index contributed by atoms with van der Waals surface area (Å²) in [5.74, 6) is 0.119. The first-order valence-corrected chi connectivity index (χ1v) is 3.37. The van der Waals surface area contributed by atoms with Gasteiger partial charge in [-0.2, -0.15) is 17.0 Å². The van der Waals surface area contributed by atoms with Crippen LogP contribution in [0.5, 0.6) is 0 Å². The maximum atomic E-state index is 10.3. The van der Waals surface area contributed by atoms with Crippen LogP contribution < -0.4 is 5.32 Å². The molecule has 0 aliphatic carbocycles. The lowest BCUT2D eigenvalue weighted by Gasteiger charge is -1.88. The molecule has 0 rings (SSSR count). The number of rotatable bonds is 2. The van der Waals surface area contributed by atoms with E-state index in [0.717, 1.165) is 0 Å². The summed E-state index contributed by atoms with van der Waals surface area (Å²) >= 11 is 1.39. The molecule has 0 saturated heterocycles. The Labute approximate surface area is 52.1 Å². The Morgan fingerprint density at radius 3 is 3.00 bits per heavy atom. The van der Waals surface area contributed by atoms with Gasteiger partial charge in [0.1, 0.15) is 0 Å². The second-order valence-corrected chi connectivity index (χ2v) is 1.96. The van der Waals surface area contributed by atoms with E-state index < -0.39 is 0 Å². The van der Waals surface area contributed by atoms with Crippen molar-refractivity contribution < 1.29 is 4.79 Å². The summed E-state index contributed by atoms with van der Waals surface area (Å²) in [6.45, 7) is 0. The van der Waals surface area contributed by atoms with Gasteiger partial charge in [0.2, 0.25) is 5.91 Å². The van der Waals surface area contributed by atoms with E-state index in [2.05, 4.69) is 0 Å². The SMILES string of the molecule is CSCC(=O)NC#N. The monoisotopic (exact) mass is 130 g/mol. The Hall–Kier alpha value is -0.690. The fourth-order valence-electron chi connectivity index (χ4n) is 0.230. The molecule has 0 aromatic heterocycles. The third-order valence-corrected chi connectivity index (χ3v) is 1.02. The number of carbonyl (C=O) groups excluding carboxylic acids is 1. The van der Waals surface area contributed by atoms with Gasteiger partial charge in [0.05, 0.1) is 5.75 Å². The molecule has 0 saturated carbocycles. The highest BCUT2D eigenvalue weighted by atomic mass is 32.2. The van der Waals surface area contributed by atoms with Gasteiger partial charge in [-0.3, -0.25) is 10.1 Å². The molecule has 0 bridgehead atoms. The zero-order chi connectivity index (χ0) is 6.41. The number of hydrogen-bond donors (Lipinski definition) is 1. The largest absolute Gasteiger partial charge is 0.273 e. The molecule has 4 heteroatoms. The van der Waals surface area contributed by atoms with Crippen LogP contribution in [0.25, 0.3) is 0 Å². The zero-order valence-corrected chi connectivity index (χ0v) is 5.29. The van der Waals surface area contributed by atoms with Crippen molar-refractivity contribution in [3.05, 3.63) is 0 Å². The molecule has 0 aromatic carbocycles. The van der Waals surface area contributed by atoms with E-state index in [1.54, 1.807) is 6.26 Å². The van der Waals surface area contributed by atoms with Crippen molar-refractivity contribution in [1.82, 2.24) is 5.32 Å². The number of nitriles is 1. The maximum absolute atomic E-state index is 10.3. The first-order chi connectivity index (χ1) is 3.81. The summed E-state index contributed by atoms with van der Waals surface area (Å²) in [5, 5.41) is 9.86. The normalized spacial score (nSPS) is 7.50. The molecule has 44 valence electrons. The van der Waals surface area contributed by atoms with Gasteiger partial charge in [-0.05, 0) is 6.26 Å². The van der Waals surface area contributed by atoms with E-state index in [4.69, 9.17) is 5.26 Å². The minimum Gasteiger partial charge on any atom is -0.273 e. The smallest absolute Gasteiger partial charge is 0.242 e. The number of hydrogen-bond acceptors (Lipinski definition) is 3. The third-order valence-electron chi connectivity index (χ3n) is 0.471. The predicted molar refractivity (Wildman–Crippen MR) is 32.1 cm³/mol. The van der Waals surface area contributed by atoms with Crippen molar-refractivity contribution in [1.29, 1.82) is 5.26 Å². The lowest BCUT2D eigenvalue weighted by atomic mass is 10.7. The summed E-state index contributed by atoms with van der Waals surface area (Å²) in [6.07, 6.45) is 3.34. The minimum atomic E-state index is -0.236. The fourth-order valence-corrected chi connectivity index (χ4v) is 0.564. The number of nitrogens with zero attached hydrogens (tertiary/aromatic N) is 1. The van der Waals surface area contributed by atoms with E-state index >= 15 is 0 Å². The average Bonchev–Trinajstić information content (AvgIpc) is 1.68. The van der Waals surface area contributed by atoms with Crippen LogP contribution in [0, 0.1) is 11.5 Å². The highest BCUT2D eigenvalue weighted by Gasteiger charge is 1.93. The molecule has 0 atom stereocenters. The van der Waals surface area contributed by atoms with E-state index in [-0.39, 0.29) is 5.91 Å². The first-order valence-electron chi connectivity index (χ1n) is 1.98. The van der Waals surface area contributed by atoms with Crippen LogP contribution in [0.15, 0.2) is 0 Å². The van der Waals surface area contributed by atoms with Crippen molar-refractivity contribution >= 4 is 17.7 Å². The zero-order valence-electron chi connectivity index (χ0n) is 4.47. The fraction of sp³-hybridized carbons (Fsp3) is 0.500. The summed E-state index contributed by atoms with van der Waals surface area (Å²) in [4.78, 5) is 10.3. The highest BCUT2D eigenvalue weighted by molar-refractivity contribution is 7.99. The van der Waals surface area contributed by atoms with Crippen LogP contribution in [-0.4, -0.2) is 17.9 Å². The van der Waals surface area contributed by atoms with Gasteiger partial charge in [0.15, 0.2) is 6.19 Å². The first kappa shape index (κ1) is 7.31. The van der Waals surface area contributed by atoms with E-state index in [1.165, 1.54) is 18.0 Å². The Morgan fingerprint density at radius 2 is 2.62 bits per heavy atom. The second-order valence-electron chi connectivity index (χ2n) is 1.09. The molecule has 0 aliphatic rings. The van der Waals surface area contributed by atoms with E-state index in [0.29, 0.717) is 5.75 Å². The van der Waals surface area contributed by atoms with E-state index in [9.17, 15) is 4.79 Å². The third kappa shape index (κ3) is 3.50. The summed E-state index contributed by atoms with van der Waals surface area (Å²) in [6, 6.07) is 0. The molecule has 0 aliphatic heterocycles. The lowest BCUT2D eigenvalue weighted by Crippen LogP contribution is -2.18. The van der Waals surface area contributed by atoms with E-state index in [1.807, 2.05) is 5.32 Å². The molecular weight excluding hydrogens is 124 g/mol. The molecule has 0 heterocycles. The van der Waals surface area contributed by atoms with Crippen LogP contribution in [-0.2, 0) is 4.79 Å².